The third-order valence-corrected chi connectivity index (χ3v) is 7.29. The highest BCUT2D eigenvalue weighted by Crippen LogP contribution is 2.31. The Labute approximate surface area is 183 Å². The maximum atomic E-state index is 13.2. The van der Waals surface area contributed by atoms with Gasteiger partial charge in [0.15, 0.2) is 11.5 Å². The number of nitrogens with one attached hydrogen (secondary N) is 1. The van der Waals surface area contributed by atoms with Gasteiger partial charge < -0.3 is 19.5 Å². The van der Waals surface area contributed by atoms with Crippen molar-refractivity contribution in [1.82, 2.24) is 4.31 Å². The van der Waals surface area contributed by atoms with E-state index in [1.54, 1.807) is 30.3 Å². The Morgan fingerprint density at radius 1 is 1.00 bits per heavy atom. The van der Waals surface area contributed by atoms with E-state index in [1.165, 1.54) is 37.8 Å². The summed E-state index contributed by atoms with van der Waals surface area (Å²) in [6.07, 6.45) is 2.35. The summed E-state index contributed by atoms with van der Waals surface area (Å²) >= 11 is 0. The van der Waals surface area contributed by atoms with E-state index < -0.39 is 16.1 Å². The molecular formula is C22H28N2O6S. The molecule has 1 heterocycles. The van der Waals surface area contributed by atoms with E-state index in [0.717, 1.165) is 12.8 Å². The number of ether oxygens (including phenoxy) is 3. The number of carbonyl (C=O) groups excluding carboxylic acids is 1. The molecule has 1 aliphatic rings. The molecular weight excluding hydrogens is 420 g/mol. The molecule has 8 nitrogen and oxygen atoms in total. The average Bonchev–Trinajstić information content (AvgIpc) is 2.79. The topological polar surface area (TPSA) is 94.2 Å². The number of sulfonamides is 1. The fraction of sp³-hybridized carbons (Fsp3) is 0.409. The van der Waals surface area contributed by atoms with E-state index in [-0.39, 0.29) is 17.2 Å². The Balaban J connectivity index is 1.73. The summed E-state index contributed by atoms with van der Waals surface area (Å²) in [4.78, 5) is 12.9. The molecule has 9 heteroatoms. The lowest BCUT2D eigenvalue weighted by atomic mass is 10.0. The number of carbonyl (C=O) groups is 1. The number of amides is 1. The molecule has 1 atom stereocenters. The number of anilines is 1. The molecule has 0 unspecified atom stereocenters. The first-order valence-electron chi connectivity index (χ1n) is 10.1. The van der Waals surface area contributed by atoms with Crippen LogP contribution in [0.2, 0.25) is 0 Å². The molecule has 2 aromatic carbocycles. The van der Waals surface area contributed by atoms with Crippen molar-refractivity contribution in [3.05, 3.63) is 42.5 Å². The summed E-state index contributed by atoms with van der Waals surface area (Å²) in [5, 5.41) is 2.83. The van der Waals surface area contributed by atoms with Crippen LogP contribution in [0.5, 0.6) is 17.2 Å². The van der Waals surface area contributed by atoms with Crippen LogP contribution in [0.25, 0.3) is 0 Å². The minimum Gasteiger partial charge on any atom is -0.497 e. The van der Waals surface area contributed by atoms with Crippen LogP contribution in [0.4, 0.5) is 5.69 Å². The van der Waals surface area contributed by atoms with Crippen molar-refractivity contribution in [3.63, 3.8) is 0 Å². The molecule has 1 amide bonds. The Morgan fingerprint density at radius 2 is 1.71 bits per heavy atom. The minimum atomic E-state index is -3.71. The van der Waals surface area contributed by atoms with Gasteiger partial charge in [-0.15, -0.1) is 0 Å². The molecule has 0 bridgehead atoms. The summed E-state index contributed by atoms with van der Waals surface area (Å²) in [5.74, 6) is 1.39. The lowest BCUT2D eigenvalue weighted by Gasteiger charge is -2.34. The van der Waals surface area contributed by atoms with Crippen LogP contribution in [-0.2, 0) is 14.8 Å². The van der Waals surface area contributed by atoms with Crippen LogP contribution in [0.3, 0.4) is 0 Å². The molecule has 1 saturated heterocycles. The highest BCUT2D eigenvalue weighted by atomic mass is 32.2. The van der Waals surface area contributed by atoms with E-state index in [0.29, 0.717) is 35.9 Å². The van der Waals surface area contributed by atoms with E-state index >= 15 is 0 Å². The first-order valence-corrected chi connectivity index (χ1v) is 11.5. The van der Waals surface area contributed by atoms with Gasteiger partial charge in [-0.3, -0.25) is 4.79 Å². The number of methoxy groups -OCH3 is 3. The lowest BCUT2D eigenvalue weighted by molar-refractivity contribution is -0.117. The highest BCUT2D eigenvalue weighted by molar-refractivity contribution is 7.89. The number of hydrogen-bond acceptors (Lipinski definition) is 6. The minimum absolute atomic E-state index is 0.0731. The molecule has 31 heavy (non-hydrogen) atoms. The SMILES string of the molecule is COc1ccc(S(=O)(=O)N2CCCC[C@H]2CC(=O)Nc2ccc(OC)c(OC)c2)cc1. The van der Waals surface area contributed by atoms with Crippen LogP contribution in [0.1, 0.15) is 25.7 Å². The highest BCUT2D eigenvalue weighted by Gasteiger charge is 2.34. The number of piperidine rings is 1. The van der Waals surface area contributed by atoms with Crippen molar-refractivity contribution in [2.24, 2.45) is 0 Å². The number of nitrogens with zero attached hydrogens (tertiary/aromatic N) is 1. The number of benzene rings is 2. The van der Waals surface area contributed by atoms with Gasteiger partial charge in [0.05, 0.1) is 26.2 Å². The fourth-order valence-corrected chi connectivity index (χ4v) is 5.41. The van der Waals surface area contributed by atoms with E-state index in [9.17, 15) is 13.2 Å². The molecule has 1 N–H and O–H groups in total. The smallest absolute Gasteiger partial charge is 0.243 e. The zero-order valence-corrected chi connectivity index (χ0v) is 18.8. The first-order chi connectivity index (χ1) is 14.9. The molecule has 1 fully saturated rings. The Hall–Kier alpha value is -2.78. The second-order valence-corrected chi connectivity index (χ2v) is 9.15. The summed E-state index contributed by atoms with van der Waals surface area (Å²) in [6.45, 7) is 0.392. The van der Waals surface area contributed by atoms with Gasteiger partial charge in [-0.1, -0.05) is 6.42 Å². The van der Waals surface area contributed by atoms with Crippen molar-refractivity contribution in [2.45, 2.75) is 36.6 Å². The van der Waals surface area contributed by atoms with Crippen molar-refractivity contribution in [1.29, 1.82) is 0 Å². The normalized spacial score (nSPS) is 17.1. The Bertz CT molecular complexity index is 1010. The van der Waals surface area contributed by atoms with E-state index in [2.05, 4.69) is 5.32 Å². The third-order valence-electron chi connectivity index (χ3n) is 5.33. The largest absolute Gasteiger partial charge is 0.497 e. The zero-order chi connectivity index (χ0) is 22.4. The zero-order valence-electron chi connectivity index (χ0n) is 18.0. The first kappa shape index (κ1) is 22.9. The van der Waals surface area contributed by atoms with E-state index in [1.807, 2.05) is 0 Å². The van der Waals surface area contributed by atoms with Crippen LogP contribution >= 0.6 is 0 Å². The summed E-state index contributed by atoms with van der Waals surface area (Å²) in [5.41, 5.74) is 0.558. The number of rotatable bonds is 8. The summed E-state index contributed by atoms with van der Waals surface area (Å²) in [7, 11) is 0.876. The van der Waals surface area contributed by atoms with Gasteiger partial charge in [-0.25, -0.2) is 8.42 Å². The van der Waals surface area contributed by atoms with E-state index in [4.69, 9.17) is 14.2 Å². The van der Waals surface area contributed by atoms with Gasteiger partial charge in [0.25, 0.3) is 0 Å². The van der Waals surface area contributed by atoms with Crippen LogP contribution in [0, 0.1) is 0 Å². The molecule has 0 aliphatic carbocycles. The summed E-state index contributed by atoms with van der Waals surface area (Å²) < 4.78 is 43.5. The fourth-order valence-electron chi connectivity index (χ4n) is 3.72. The monoisotopic (exact) mass is 448 g/mol. The standard InChI is InChI=1S/C22H28N2O6S/c1-28-18-8-10-19(11-9-18)31(26,27)24-13-5-4-6-17(24)15-22(25)23-16-7-12-20(29-2)21(14-16)30-3/h7-12,14,17H,4-6,13,15H2,1-3H3,(H,23,25)/t17-/m0/s1. The molecule has 1 aliphatic heterocycles. The van der Waals surface area contributed by atoms with Gasteiger partial charge in [0.2, 0.25) is 15.9 Å². The number of hydrogen-bond donors (Lipinski definition) is 1. The molecule has 3 rings (SSSR count). The predicted octanol–water partition coefficient (Wildman–Crippen LogP) is 3.28. The van der Waals surface area contributed by atoms with Crippen molar-refractivity contribution in [3.8, 4) is 17.2 Å². The quantitative estimate of drug-likeness (QED) is 0.666. The van der Waals surface area contributed by atoms with Gasteiger partial charge in [-0.2, -0.15) is 4.31 Å². The van der Waals surface area contributed by atoms with Crippen molar-refractivity contribution >= 4 is 21.6 Å². The van der Waals surface area contributed by atoms with Gasteiger partial charge in [-0.05, 0) is 49.2 Å². The van der Waals surface area contributed by atoms with Crippen LogP contribution in [-0.4, -0.2) is 52.5 Å². The van der Waals surface area contributed by atoms with Crippen molar-refractivity contribution in [2.75, 3.05) is 33.2 Å². The average molecular weight is 449 g/mol. The molecule has 168 valence electrons. The van der Waals surface area contributed by atoms with Crippen LogP contribution < -0.4 is 19.5 Å². The molecule has 0 radical (unpaired) electrons. The van der Waals surface area contributed by atoms with Gasteiger partial charge in [0, 0.05) is 30.8 Å². The van der Waals surface area contributed by atoms with Crippen LogP contribution in [0.15, 0.2) is 47.4 Å². The maximum absolute atomic E-state index is 13.2. The molecule has 2 aromatic rings. The molecule has 0 saturated carbocycles. The Morgan fingerprint density at radius 3 is 2.35 bits per heavy atom. The van der Waals surface area contributed by atoms with Gasteiger partial charge >= 0.3 is 0 Å². The molecule has 0 spiro atoms. The third kappa shape index (κ3) is 5.29. The summed E-state index contributed by atoms with van der Waals surface area (Å²) in [6, 6.07) is 11.0. The second-order valence-electron chi connectivity index (χ2n) is 7.26. The Kier molecular flexibility index (Phi) is 7.40. The maximum Gasteiger partial charge on any atom is 0.243 e. The second kappa shape index (κ2) is 10.0. The predicted molar refractivity (Wildman–Crippen MR) is 117 cm³/mol. The van der Waals surface area contributed by atoms with Crippen molar-refractivity contribution < 1.29 is 27.4 Å². The lowest BCUT2D eigenvalue weighted by Crippen LogP contribution is -2.45. The molecule has 0 aromatic heterocycles. The van der Waals surface area contributed by atoms with Gasteiger partial charge in [0.1, 0.15) is 5.75 Å².